The summed E-state index contributed by atoms with van der Waals surface area (Å²) < 4.78 is 6.67. The molecule has 1 unspecified atom stereocenters. The average molecular weight is 413 g/mol. The zero-order valence-electron chi connectivity index (χ0n) is 13.7. The average Bonchev–Trinajstić information content (AvgIpc) is 3.32. The summed E-state index contributed by atoms with van der Waals surface area (Å²) in [5.41, 5.74) is 3.37. The normalized spacial score (nSPS) is 16.8. The SMILES string of the molecule is COc1ccccc1C1CN(c2ccc(Br)cc2)N=C1c1cccs1. The Morgan fingerprint density at radius 1 is 1.08 bits per heavy atom. The number of hydrogen-bond acceptors (Lipinski definition) is 4. The van der Waals surface area contributed by atoms with Crippen molar-refractivity contribution in [2.45, 2.75) is 5.92 Å². The van der Waals surface area contributed by atoms with E-state index in [4.69, 9.17) is 9.84 Å². The molecule has 0 saturated heterocycles. The highest BCUT2D eigenvalue weighted by Gasteiger charge is 2.32. The maximum absolute atomic E-state index is 5.60. The van der Waals surface area contributed by atoms with Crippen LogP contribution >= 0.6 is 27.3 Å². The lowest BCUT2D eigenvalue weighted by Gasteiger charge is -2.18. The first-order valence-electron chi connectivity index (χ1n) is 8.04. The van der Waals surface area contributed by atoms with Crippen LogP contribution in [-0.2, 0) is 0 Å². The van der Waals surface area contributed by atoms with Crippen molar-refractivity contribution in [3.63, 3.8) is 0 Å². The molecule has 0 aliphatic carbocycles. The summed E-state index contributed by atoms with van der Waals surface area (Å²) in [7, 11) is 1.72. The number of thiophene rings is 1. The lowest BCUT2D eigenvalue weighted by atomic mass is 9.93. The summed E-state index contributed by atoms with van der Waals surface area (Å²) in [5, 5.41) is 9.13. The van der Waals surface area contributed by atoms with E-state index in [0.717, 1.165) is 28.2 Å². The van der Waals surface area contributed by atoms with Crippen molar-refractivity contribution in [3.05, 3.63) is 81.0 Å². The summed E-state index contributed by atoms with van der Waals surface area (Å²) in [4.78, 5) is 1.20. The monoisotopic (exact) mass is 412 g/mol. The van der Waals surface area contributed by atoms with Crippen LogP contribution in [-0.4, -0.2) is 19.4 Å². The highest BCUT2D eigenvalue weighted by molar-refractivity contribution is 9.10. The van der Waals surface area contributed by atoms with Gasteiger partial charge >= 0.3 is 0 Å². The summed E-state index contributed by atoms with van der Waals surface area (Å²) in [5.74, 6) is 1.09. The third-order valence-corrected chi connectivity index (χ3v) is 5.75. The van der Waals surface area contributed by atoms with Crippen molar-refractivity contribution in [1.29, 1.82) is 0 Å². The molecular weight excluding hydrogens is 396 g/mol. The molecule has 0 saturated carbocycles. The Labute approximate surface area is 159 Å². The Bertz CT molecular complexity index is 890. The fourth-order valence-corrected chi connectivity index (χ4v) is 4.15. The number of hydrogen-bond donors (Lipinski definition) is 0. The minimum absolute atomic E-state index is 0.179. The van der Waals surface area contributed by atoms with Gasteiger partial charge in [0.2, 0.25) is 0 Å². The van der Waals surface area contributed by atoms with E-state index in [-0.39, 0.29) is 5.92 Å². The van der Waals surface area contributed by atoms with Crippen LogP contribution in [0.5, 0.6) is 5.75 Å². The molecule has 1 aliphatic heterocycles. The minimum Gasteiger partial charge on any atom is -0.496 e. The number of halogens is 1. The number of para-hydroxylation sites is 1. The van der Waals surface area contributed by atoms with Gasteiger partial charge in [-0.3, -0.25) is 5.01 Å². The molecule has 0 radical (unpaired) electrons. The molecule has 2 heterocycles. The Kier molecular flexibility index (Phi) is 4.59. The molecule has 4 rings (SSSR count). The van der Waals surface area contributed by atoms with Crippen LogP contribution in [0.1, 0.15) is 16.4 Å². The van der Waals surface area contributed by atoms with Crippen molar-refractivity contribution in [2.24, 2.45) is 5.10 Å². The van der Waals surface area contributed by atoms with Gasteiger partial charge in [-0.2, -0.15) is 5.10 Å². The summed E-state index contributed by atoms with van der Waals surface area (Å²) in [6, 6.07) is 20.7. The standard InChI is InChI=1S/C20H17BrN2OS/c1-24-18-6-3-2-5-16(18)17-13-23(15-10-8-14(21)9-11-15)22-20(17)19-7-4-12-25-19/h2-12,17H,13H2,1H3. The maximum Gasteiger partial charge on any atom is 0.122 e. The molecule has 0 spiro atoms. The molecule has 3 nitrogen and oxygen atoms in total. The van der Waals surface area contributed by atoms with Crippen LogP contribution < -0.4 is 9.75 Å². The van der Waals surface area contributed by atoms with Crippen molar-refractivity contribution in [2.75, 3.05) is 18.7 Å². The van der Waals surface area contributed by atoms with Crippen LogP contribution in [0.15, 0.2) is 75.6 Å². The van der Waals surface area contributed by atoms with Gasteiger partial charge in [-0.05, 0) is 41.8 Å². The van der Waals surface area contributed by atoms with Crippen molar-refractivity contribution >= 4 is 38.7 Å². The predicted octanol–water partition coefficient (Wildman–Crippen LogP) is 5.53. The van der Waals surface area contributed by atoms with Crippen molar-refractivity contribution in [3.8, 4) is 5.75 Å². The van der Waals surface area contributed by atoms with E-state index >= 15 is 0 Å². The topological polar surface area (TPSA) is 24.8 Å². The second-order valence-electron chi connectivity index (χ2n) is 5.82. The molecule has 0 bridgehead atoms. The zero-order chi connectivity index (χ0) is 17.2. The Morgan fingerprint density at radius 3 is 2.60 bits per heavy atom. The quantitative estimate of drug-likeness (QED) is 0.562. The maximum atomic E-state index is 5.60. The Hall–Kier alpha value is -2.11. The summed E-state index contributed by atoms with van der Waals surface area (Å²) in [6.45, 7) is 0.801. The summed E-state index contributed by atoms with van der Waals surface area (Å²) >= 11 is 5.22. The summed E-state index contributed by atoms with van der Waals surface area (Å²) in [6.07, 6.45) is 0. The molecule has 25 heavy (non-hydrogen) atoms. The zero-order valence-corrected chi connectivity index (χ0v) is 16.1. The molecule has 1 atom stereocenters. The lowest BCUT2D eigenvalue weighted by molar-refractivity contribution is 0.409. The van der Waals surface area contributed by atoms with E-state index in [1.165, 1.54) is 10.4 Å². The first kappa shape index (κ1) is 16.4. The number of benzene rings is 2. The second-order valence-corrected chi connectivity index (χ2v) is 7.68. The van der Waals surface area contributed by atoms with Gasteiger partial charge in [-0.25, -0.2) is 0 Å². The van der Waals surface area contributed by atoms with E-state index < -0.39 is 0 Å². The Morgan fingerprint density at radius 2 is 1.88 bits per heavy atom. The lowest BCUT2D eigenvalue weighted by Crippen LogP contribution is -2.18. The fourth-order valence-electron chi connectivity index (χ4n) is 3.12. The van der Waals surface area contributed by atoms with Gasteiger partial charge in [-0.15, -0.1) is 11.3 Å². The number of hydrazone groups is 1. The van der Waals surface area contributed by atoms with E-state index in [9.17, 15) is 0 Å². The molecule has 2 aromatic carbocycles. The first-order chi connectivity index (χ1) is 12.3. The third kappa shape index (κ3) is 3.22. The number of rotatable bonds is 4. The van der Waals surface area contributed by atoms with E-state index in [0.29, 0.717) is 0 Å². The van der Waals surface area contributed by atoms with Gasteiger partial charge < -0.3 is 4.74 Å². The highest BCUT2D eigenvalue weighted by atomic mass is 79.9. The molecule has 1 aliphatic rings. The van der Waals surface area contributed by atoms with E-state index in [2.05, 4.69) is 62.7 Å². The van der Waals surface area contributed by atoms with Crippen molar-refractivity contribution in [1.82, 2.24) is 0 Å². The van der Waals surface area contributed by atoms with Crippen molar-refractivity contribution < 1.29 is 4.74 Å². The van der Waals surface area contributed by atoms with E-state index in [1.54, 1.807) is 18.4 Å². The largest absolute Gasteiger partial charge is 0.496 e. The number of ether oxygens (including phenoxy) is 1. The molecule has 1 aromatic heterocycles. The van der Waals surface area contributed by atoms with Crippen LogP contribution in [0.3, 0.4) is 0 Å². The first-order valence-corrected chi connectivity index (χ1v) is 9.72. The molecule has 0 fully saturated rings. The van der Waals surface area contributed by atoms with Gasteiger partial charge in [0.1, 0.15) is 5.75 Å². The van der Waals surface area contributed by atoms with Gasteiger partial charge in [0.25, 0.3) is 0 Å². The molecule has 126 valence electrons. The third-order valence-electron chi connectivity index (χ3n) is 4.33. The van der Waals surface area contributed by atoms with Crippen LogP contribution in [0, 0.1) is 0 Å². The van der Waals surface area contributed by atoms with Crippen LogP contribution in [0.4, 0.5) is 5.69 Å². The molecule has 5 heteroatoms. The fraction of sp³-hybridized carbons (Fsp3) is 0.150. The van der Waals surface area contributed by atoms with E-state index in [1.807, 2.05) is 24.3 Å². The highest BCUT2D eigenvalue weighted by Crippen LogP contribution is 2.37. The smallest absolute Gasteiger partial charge is 0.122 e. The molecular formula is C20H17BrN2OS. The molecule has 3 aromatic rings. The number of methoxy groups -OCH3 is 1. The van der Waals surface area contributed by atoms with Gasteiger partial charge in [-0.1, -0.05) is 40.2 Å². The van der Waals surface area contributed by atoms with Crippen LogP contribution in [0.25, 0.3) is 0 Å². The van der Waals surface area contributed by atoms with Gasteiger partial charge in [0, 0.05) is 10.0 Å². The number of nitrogens with zero attached hydrogens (tertiary/aromatic N) is 2. The minimum atomic E-state index is 0.179. The van der Waals surface area contributed by atoms with Gasteiger partial charge in [0.05, 0.1) is 35.8 Å². The predicted molar refractivity (Wildman–Crippen MR) is 108 cm³/mol. The van der Waals surface area contributed by atoms with Crippen LogP contribution in [0.2, 0.25) is 0 Å². The van der Waals surface area contributed by atoms with Gasteiger partial charge in [0.15, 0.2) is 0 Å². The second kappa shape index (κ2) is 7.02. The molecule has 0 amide bonds. The Balaban J connectivity index is 1.76. The number of anilines is 1. The molecule has 0 N–H and O–H groups in total.